The summed E-state index contributed by atoms with van der Waals surface area (Å²) in [5, 5.41) is 1.12. The third-order valence-corrected chi connectivity index (χ3v) is 7.48. The number of hydrogen-bond acceptors (Lipinski definition) is 3. The summed E-state index contributed by atoms with van der Waals surface area (Å²) in [5.41, 5.74) is 5.38. The van der Waals surface area contributed by atoms with Crippen LogP contribution in [0.3, 0.4) is 0 Å². The van der Waals surface area contributed by atoms with Crippen molar-refractivity contribution >= 4 is 38.4 Å². The molecule has 33 heavy (non-hydrogen) atoms. The molecule has 1 fully saturated rings. The molecule has 7 heteroatoms. The summed E-state index contributed by atoms with van der Waals surface area (Å²) in [4.78, 5) is 21.0. The number of pyridine rings is 1. The van der Waals surface area contributed by atoms with Crippen LogP contribution in [-0.2, 0) is 13.6 Å². The molecule has 2 aliphatic rings. The fourth-order valence-corrected chi connectivity index (χ4v) is 5.12. The quantitative estimate of drug-likeness (QED) is 0.464. The number of aromatic nitrogens is 2. The van der Waals surface area contributed by atoms with Crippen LogP contribution in [0.25, 0.3) is 16.6 Å². The molecule has 1 aliphatic carbocycles. The Morgan fingerprint density at radius 1 is 1.27 bits per heavy atom. The number of benzene rings is 1. The van der Waals surface area contributed by atoms with Crippen molar-refractivity contribution in [2.24, 2.45) is 7.05 Å². The Labute approximate surface area is 202 Å². The van der Waals surface area contributed by atoms with Crippen LogP contribution < -0.4 is 0 Å². The maximum atomic E-state index is 15.1. The van der Waals surface area contributed by atoms with E-state index in [-0.39, 0.29) is 11.7 Å². The average Bonchev–Trinajstić information content (AvgIpc) is 3.59. The standard InChI is InChI=1S/C26H28BrFN4O/c1-30(2)26(33)21-14-24(28)20(13-19(21)16-4-5-16)17-7-10-32(11-8-17)15-18-12-22-23(27)6-9-29-25(22)31(18)3/h6-7,9,12-14,16H,4-5,8,10-11,15H2,1-3H3. The van der Waals surface area contributed by atoms with Crippen LogP contribution in [0.2, 0.25) is 0 Å². The van der Waals surface area contributed by atoms with Gasteiger partial charge in [-0.15, -0.1) is 0 Å². The summed E-state index contributed by atoms with van der Waals surface area (Å²) < 4.78 is 18.3. The van der Waals surface area contributed by atoms with Crippen molar-refractivity contribution in [3.8, 4) is 0 Å². The van der Waals surface area contributed by atoms with Crippen molar-refractivity contribution in [3.63, 3.8) is 0 Å². The normalized spacial score (nSPS) is 16.8. The minimum atomic E-state index is -0.297. The Bertz CT molecular complexity index is 1280. The molecule has 1 aliphatic heterocycles. The van der Waals surface area contributed by atoms with Gasteiger partial charge in [-0.05, 0) is 76.5 Å². The van der Waals surface area contributed by atoms with Crippen molar-refractivity contribution in [2.75, 3.05) is 27.2 Å². The lowest BCUT2D eigenvalue weighted by atomic mass is 9.92. The second-order valence-electron chi connectivity index (χ2n) is 9.33. The lowest BCUT2D eigenvalue weighted by molar-refractivity contribution is 0.0826. The van der Waals surface area contributed by atoms with E-state index in [1.165, 1.54) is 16.7 Å². The average molecular weight is 511 g/mol. The molecule has 5 rings (SSSR count). The minimum absolute atomic E-state index is 0.123. The van der Waals surface area contributed by atoms with Crippen LogP contribution in [0.4, 0.5) is 4.39 Å². The number of carbonyl (C=O) groups excluding carboxylic acids is 1. The number of hydrogen-bond donors (Lipinski definition) is 0. The molecule has 2 aromatic heterocycles. The molecule has 0 N–H and O–H groups in total. The maximum Gasteiger partial charge on any atom is 0.253 e. The second kappa shape index (κ2) is 8.69. The van der Waals surface area contributed by atoms with Crippen LogP contribution >= 0.6 is 15.9 Å². The molecule has 0 atom stereocenters. The lowest BCUT2D eigenvalue weighted by Crippen LogP contribution is -2.29. The smallest absolute Gasteiger partial charge is 0.253 e. The molecular formula is C26H28BrFN4O. The van der Waals surface area contributed by atoms with Gasteiger partial charge in [-0.3, -0.25) is 9.69 Å². The van der Waals surface area contributed by atoms with E-state index in [1.54, 1.807) is 14.1 Å². The Morgan fingerprint density at radius 3 is 2.70 bits per heavy atom. The highest BCUT2D eigenvalue weighted by atomic mass is 79.9. The first kappa shape index (κ1) is 22.3. The zero-order valence-corrected chi connectivity index (χ0v) is 20.8. The predicted molar refractivity (Wildman–Crippen MR) is 133 cm³/mol. The molecule has 0 spiro atoms. The molecule has 172 valence electrons. The van der Waals surface area contributed by atoms with E-state index in [4.69, 9.17) is 0 Å². The lowest BCUT2D eigenvalue weighted by Gasteiger charge is -2.27. The van der Waals surface area contributed by atoms with Crippen molar-refractivity contribution in [2.45, 2.75) is 31.7 Å². The van der Waals surface area contributed by atoms with E-state index in [2.05, 4.69) is 42.5 Å². The zero-order chi connectivity index (χ0) is 23.3. The van der Waals surface area contributed by atoms with E-state index in [0.29, 0.717) is 17.0 Å². The number of halogens is 2. The van der Waals surface area contributed by atoms with Crippen LogP contribution in [0, 0.1) is 5.82 Å². The molecule has 1 saturated carbocycles. The van der Waals surface area contributed by atoms with Gasteiger partial charge >= 0.3 is 0 Å². The number of fused-ring (bicyclic) bond motifs is 1. The predicted octanol–water partition coefficient (Wildman–Crippen LogP) is 5.34. The molecular weight excluding hydrogens is 483 g/mol. The van der Waals surface area contributed by atoms with Gasteiger partial charge in [-0.1, -0.05) is 6.08 Å². The van der Waals surface area contributed by atoms with E-state index >= 15 is 4.39 Å². The summed E-state index contributed by atoms with van der Waals surface area (Å²) in [6, 6.07) is 7.55. The first-order chi connectivity index (χ1) is 15.8. The summed E-state index contributed by atoms with van der Waals surface area (Å²) in [6.07, 6.45) is 6.88. The van der Waals surface area contributed by atoms with Gasteiger partial charge in [0.2, 0.25) is 0 Å². The highest BCUT2D eigenvalue weighted by molar-refractivity contribution is 9.10. The van der Waals surface area contributed by atoms with Crippen molar-refractivity contribution in [1.82, 2.24) is 19.4 Å². The van der Waals surface area contributed by atoms with E-state index in [1.807, 2.05) is 25.4 Å². The summed E-state index contributed by atoms with van der Waals surface area (Å²) in [7, 11) is 5.48. The van der Waals surface area contributed by atoms with Crippen molar-refractivity contribution < 1.29 is 9.18 Å². The van der Waals surface area contributed by atoms with Crippen molar-refractivity contribution in [3.05, 3.63) is 69.2 Å². The van der Waals surface area contributed by atoms with Gasteiger partial charge in [0.15, 0.2) is 0 Å². The van der Waals surface area contributed by atoms with Gasteiger partial charge in [0.05, 0.1) is 0 Å². The van der Waals surface area contributed by atoms with Crippen molar-refractivity contribution in [1.29, 1.82) is 0 Å². The molecule has 1 amide bonds. The monoisotopic (exact) mass is 510 g/mol. The van der Waals surface area contributed by atoms with Gasteiger partial charge in [0.25, 0.3) is 5.91 Å². The molecule has 0 unspecified atom stereocenters. The summed E-state index contributed by atoms with van der Waals surface area (Å²) in [5.74, 6) is -0.0421. The topological polar surface area (TPSA) is 41.4 Å². The third kappa shape index (κ3) is 4.24. The molecule has 0 bridgehead atoms. The van der Waals surface area contributed by atoms with Gasteiger partial charge < -0.3 is 9.47 Å². The van der Waals surface area contributed by atoms with E-state index in [9.17, 15) is 4.79 Å². The Hall–Kier alpha value is -2.51. The fourth-order valence-electron chi connectivity index (χ4n) is 4.71. The highest BCUT2D eigenvalue weighted by Gasteiger charge is 2.30. The molecule has 3 heterocycles. The number of nitrogens with zero attached hydrogens (tertiary/aromatic N) is 4. The molecule has 3 aromatic rings. The van der Waals surface area contributed by atoms with Gasteiger partial charge in [0, 0.05) is 73.7 Å². The van der Waals surface area contributed by atoms with Crippen LogP contribution in [0.5, 0.6) is 0 Å². The Morgan fingerprint density at radius 2 is 2.06 bits per heavy atom. The summed E-state index contributed by atoms with van der Waals surface area (Å²) >= 11 is 3.62. The molecule has 0 saturated heterocycles. The SMILES string of the molecule is CN(C)C(=O)c1cc(F)c(C2=CCN(Cc3cc4c(Br)ccnc4n3C)CC2)cc1C1CC1. The second-order valence-corrected chi connectivity index (χ2v) is 10.2. The number of amides is 1. The van der Waals surface area contributed by atoms with E-state index < -0.39 is 0 Å². The number of aryl methyl sites for hydroxylation is 1. The van der Waals surface area contributed by atoms with Crippen LogP contribution in [-0.4, -0.2) is 52.4 Å². The Kier molecular flexibility index (Phi) is 5.87. The highest BCUT2D eigenvalue weighted by Crippen LogP contribution is 2.43. The summed E-state index contributed by atoms with van der Waals surface area (Å²) in [6.45, 7) is 2.44. The first-order valence-corrected chi connectivity index (χ1v) is 12.2. The van der Waals surface area contributed by atoms with Crippen LogP contribution in [0.1, 0.15) is 52.4 Å². The van der Waals surface area contributed by atoms with Gasteiger partial charge in [0.1, 0.15) is 11.5 Å². The Balaban J connectivity index is 1.37. The molecule has 5 nitrogen and oxygen atoms in total. The number of carbonyl (C=O) groups is 1. The van der Waals surface area contributed by atoms with E-state index in [0.717, 1.165) is 65.5 Å². The fraction of sp³-hybridized carbons (Fsp3) is 0.385. The largest absolute Gasteiger partial charge is 0.345 e. The maximum absolute atomic E-state index is 15.1. The van der Waals surface area contributed by atoms with Crippen LogP contribution in [0.15, 0.2) is 41.0 Å². The molecule has 1 aromatic carbocycles. The zero-order valence-electron chi connectivity index (χ0n) is 19.2. The third-order valence-electron chi connectivity index (χ3n) is 6.79. The number of rotatable bonds is 5. The van der Waals surface area contributed by atoms with Gasteiger partial charge in [-0.25, -0.2) is 9.37 Å². The first-order valence-electron chi connectivity index (χ1n) is 11.4. The molecule has 0 radical (unpaired) electrons. The van der Waals surface area contributed by atoms with Gasteiger partial charge in [-0.2, -0.15) is 0 Å². The minimum Gasteiger partial charge on any atom is -0.345 e.